The van der Waals surface area contributed by atoms with Gasteiger partial charge in [0, 0.05) is 19.4 Å². The van der Waals surface area contributed by atoms with Crippen LogP contribution in [-0.2, 0) is 4.79 Å². The molecule has 0 rings (SSSR count). The molecular weight excluding hydrogens is 336 g/mol. The molecule has 0 aliphatic carbocycles. The maximum Gasteiger partial charge on any atom is 0.219 e. The van der Waals surface area contributed by atoms with Gasteiger partial charge in [-0.1, -0.05) is 84.0 Å². The van der Waals surface area contributed by atoms with Gasteiger partial charge in [0.1, 0.15) is 6.54 Å². The molecular formula is C23H49N2O2+. The molecule has 0 aliphatic rings. The molecule has 1 amide bonds. The lowest BCUT2D eigenvalue weighted by Crippen LogP contribution is -2.43. The molecule has 0 aromatic rings. The van der Waals surface area contributed by atoms with Gasteiger partial charge in [-0.2, -0.15) is 0 Å². The van der Waals surface area contributed by atoms with Crippen molar-refractivity contribution in [3.05, 3.63) is 0 Å². The molecule has 0 aromatic heterocycles. The van der Waals surface area contributed by atoms with Crippen molar-refractivity contribution in [2.24, 2.45) is 0 Å². The predicted octanol–water partition coefficient (Wildman–Crippen LogP) is 5.04. The zero-order valence-electron chi connectivity index (χ0n) is 18.7. The smallest absolute Gasteiger partial charge is 0.219 e. The first-order chi connectivity index (χ1) is 13.0. The first kappa shape index (κ1) is 26.4. The monoisotopic (exact) mass is 385 g/mol. The van der Waals surface area contributed by atoms with E-state index in [1.807, 2.05) is 0 Å². The minimum atomic E-state index is 0.200. The fourth-order valence-electron chi connectivity index (χ4n) is 3.51. The summed E-state index contributed by atoms with van der Waals surface area (Å²) < 4.78 is 0.811. The molecule has 162 valence electrons. The van der Waals surface area contributed by atoms with Crippen LogP contribution in [0.2, 0.25) is 0 Å². The number of aliphatic hydroxyl groups excluding tert-OH is 1. The van der Waals surface area contributed by atoms with Crippen molar-refractivity contribution in [1.82, 2.24) is 5.32 Å². The van der Waals surface area contributed by atoms with E-state index in [1.54, 1.807) is 0 Å². The number of likely N-dealkylation sites (N-methyl/N-ethyl adjacent to an activating group) is 1. The van der Waals surface area contributed by atoms with E-state index < -0.39 is 0 Å². The molecule has 0 bridgehead atoms. The van der Waals surface area contributed by atoms with Gasteiger partial charge in [0.15, 0.2) is 0 Å². The Bertz CT molecular complexity index is 332. The highest BCUT2D eigenvalue weighted by atomic mass is 16.3. The fourth-order valence-corrected chi connectivity index (χ4v) is 3.51. The summed E-state index contributed by atoms with van der Waals surface area (Å²) in [6.07, 6.45) is 19.0. The molecule has 4 heteroatoms. The molecule has 2 N–H and O–H groups in total. The molecule has 0 radical (unpaired) electrons. The van der Waals surface area contributed by atoms with Crippen molar-refractivity contribution in [2.75, 3.05) is 40.3 Å². The van der Waals surface area contributed by atoms with Gasteiger partial charge in [-0.05, 0) is 6.42 Å². The summed E-state index contributed by atoms with van der Waals surface area (Å²) in [6.45, 7) is 5.00. The molecule has 0 heterocycles. The van der Waals surface area contributed by atoms with E-state index in [0.29, 0.717) is 6.42 Å². The summed E-state index contributed by atoms with van der Waals surface area (Å²) in [6, 6.07) is 0. The molecule has 4 nitrogen and oxygen atoms in total. The number of nitrogens with zero attached hydrogens (tertiary/aromatic N) is 1. The van der Waals surface area contributed by atoms with Crippen LogP contribution in [0.25, 0.3) is 0 Å². The lowest BCUT2D eigenvalue weighted by Gasteiger charge is -2.28. The van der Waals surface area contributed by atoms with Gasteiger partial charge in [0.25, 0.3) is 0 Å². The molecule has 0 saturated heterocycles. The third-order valence-corrected chi connectivity index (χ3v) is 5.48. The Balaban J connectivity index is 3.28. The SMILES string of the molecule is CCCCCCCCCCCCCCCC(=O)NCCC[N+](C)(C)CCO. The minimum Gasteiger partial charge on any atom is -0.391 e. The highest BCUT2D eigenvalue weighted by Gasteiger charge is 2.13. The maximum atomic E-state index is 11.8. The van der Waals surface area contributed by atoms with E-state index in [-0.39, 0.29) is 12.5 Å². The summed E-state index contributed by atoms with van der Waals surface area (Å²) in [5.41, 5.74) is 0. The third kappa shape index (κ3) is 19.9. The van der Waals surface area contributed by atoms with Crippen molar-refractivity contribution in [3.63, 3.8) is 0 Å². The second-order valence-corrected chi connectivity index (χ2v) is 8.80. The molecule has 0 spiro atoms. The third-order valence-electron chi connectivity index (χ3n) is 5.48. The summed E-state index contributed by atoms with van der Waals surface area (Å²) in [5, 5.41) is 12.0. The topological polar surface area (TPSA) is 49.3 Å². The number of rotatable bonds is 20. The average molecular weight is 386 g/mol. The van der Waals surface area contributed by atoms with Crippen LogP contribution in [0, 0.1) is 0 Å². The van der Waals surface area contributed by atoms with Crippen molar-refractivity contribution in [3.8, 4) is 0 Å². The Hall–Kier alpha value is -0.610. The highest BCUT2D eigenvalue weighted by Crippen LogP contribution is 2.12. The molecule has 27 heavy (non-hydrogen) atoms. The number of aliphatic hydroxyl groups is 1. The van der Waals surface area contributed by atoms with Crippen LogP contribution in [0.3, 0.4) is 0 Å². The zero-order chi connectivity index (χ0) is 20.2. The quantitative estimate of drug-likeness (QED) is 0.228. The number of amides is 1. The predicted molar refractivity (Wildman–Crippen MR) is 117 cm³/mol. The molecule has 0 aromatic carbocycles. The van der Waals surface area contributed by atoms with Crippen LogP contribution in [0.15, 0.2) is 0 Å². The van der Waals surface area contributed by atoms with Gasteiger partial charge < -0.3 is 14.9 Å². The van der Waals surface area contributed by atoms with Crippen LogP contribution in [0.4, 0.5) is 0 Å². The van der Waals surface area contributed by atoms with E-state index in [4.69, 9.17) is 5.11 Å². The van der Waals surface area contributed by atoms with E-state index in [2.05, 4.69) is 26.3 Å². The number of hydrogen-bond donors (Lipinski definition) is 2. The Labute approximate surface area is 169 Å². The first-order valence-corrected chi connectivity index (χ1v) is 11.7. The van der Waals surface area contributed by atoms with Crippen molar-refractivity contribution in [1.29, 1.82) is 0 Å². The molecule has 0 unspecified atom stereocenters. The standard InChI is InChI=1S/C23H48N2O2/c1-4-5-6-7-8-9-10-11-12-13-14-15-16-18-23(27)24-19-17-20-25(2,3)21-22-26/h26H,4-22H2,1-3H3/p+1. The summed E-state index contributed by atoms with van der Waals surface area (Å²) in [5.74, 6) is 0.200. The fraction of sp³-hybridized carbons (Fsp3) is 0.957. The minimum absolute atomic E-state index is 0.200. The van der Waals surface area contributed by atoms with E-state index >= 15 is 0 Å². The molecule has 0 aliphatic heterocycles. The van der Waals surface area contributed by atoms with Crippen LogP contribution in [0.5, 0.6) is 0 Å². The van der Waals surface area contributed by atoms with Crippen LogP contribution >= 0.6 is 0 Å². The lowest BCUT2D eigenvalue weighted by molar-refractivity contribution is -0.890. The van der Waals surface area contributed by atoms with Gasteiger partial charge in [-0.25, -0.2) is 0 Å². The number of unbranched alkanes of at least 4 members (excludes halogenated alkanes) is 12. The lowest BCUT2D eigenvalue weighted by atomic mass is 10.0. The summed E-state index contributed by atoms with van der Waals surface area (Å²) in [7, 11) is 4.23. The Morgan fingerprint density at radius 3 is 1.70 bits per heavy atom. The molecule has 0 saturated carbocycles. The Kier molecular flexibility index (Phi) is 18.3. The van der Waals surface area contributed by atoms with Crippen molar-refractivity contribution >= 4 is 5.91 Å². The number of carbonyl (C=O) groups excluding carboxylic acids is 1. The molecule has 0 atom stereocenters. The largest absolute Gasteiger partial charge is 0.391 e. The average Bonchev–Trinajstić information content (AvgIpc) is 2.62. The second kappa shape index (κ2) is 18.7. The summed E-state index contributed by atoms with van der Waals surface area (Å²) in [4.78, 5) is 11.8. The van der Waals surface area contributed by atoms with Gasteiger partial charge in [0.2, 0.25) is 5.91 Å². The summed E-state index contributed by atoms with van der Waals surface area (Å²) >= 11 is 0. The first-order valence-electron chi connectivity index (χ1n) is 11.7. The van der Waals surface area contributed by atoms with Gasteiger partial charge in [-0.15, -0.1) is 0 Å². The van der Waals surface area contributed by atoms with Gasteiger partial charge in [-0.3, -0.25) is 4.79 Å². The van der Waals surface area contributed by atoms with E-state index in [9.17, 15) is 4.79 Å². The van der Waals surface area contributed by atoms with Crippen LogP contribution in [0.1, 0.15) is 103 Å². The van der Waals surface area contributed by atoms with Crippen molar-refractivity contribution in [2.45, 2.75) is 103 Å². The maximum absolute atomic E-state index is 11.8. The van der Waals surface area contributed by atoms with E-state index in [1.165, 1.54) is 77.0 Å². The van der Waals surface area contributed by atoms with Gasteiger partial charge >= 0.3 is 0 Å². The van der Waals surface area contributed by atoms with Gasteiger partial charge in [0.05, 0.1) is 27.2 Å². The highest BCUT2D eigenvalue weighted by molar-refractivity contribution is 5.75. The zero-order valence-corrected chi connectivity index (χ0v) is 18.7. The number of nitrogens with one attached hydrogen (secondary N) is 1. The van der Waals surface area contributed by atoms with Crippen LogP contribution < -0.4 is 5.32 Å². The molecule has 0 fully saturated rings. The number of hydrogen-bond acceptors (Lipinski definition) is 2. The van der Waals surface area contributed by atoms with E-state index in [0.717, 1.165) is 37.0 Å². The van der Waals surface area contributed by atoms with Crippen LogP contribution in [-0.4, -0.2) is 55.8 Å². The number of carbonyl (C=O) groups is 1. The van der Waals surface area contributed by atoms with Crippen molar-refractivity contribution < 1.29 is 14.4 Å². The second-order valence-electron chi connectivity index (χ2n) is 8.80. The Morgan fingerprint density at radius 2 is 1.22 bits per heavy atom. The Morgan fingerprint density at radius 1 is 0.741 bits per heavy atom. The normalized spacial score (nSPS) is 11.7. The number of quaternary nitrogens is 1.